The smallest absolute Gasteiger partial charge is 0.233 e. The van der Waals surface area contributed by atoms with Crippen LogP contribution in [0, 0.1) is 0 Å². The Bertz CT molecular complexity index is 957. The van der Waals surface area contributed by atoms with E-state index in [1.54, 1.807) is 0 Å². The lowest BCUT2D eigenvalue weighted by atomic mass is 9.92. The second kappa shape index (κ2) is 6.17. The average Bonchev–Trinajstić information content (AvgIpc) is 3.06. The van der Waals surface area contributed by atoms with Crippen LogP contribution in [0.5, 0.6) is 17.2 Å². The summed E-state index contributed by atoms with van der Waals surface area (Å²) < 4.78 is 17.8. The lowest BCUT2D eigenvalue weighted by Gasteiger charge is -2.24. The van der Waals surface area contributed by atoms with Crippen LogP contribution in [0.2, 0.25) is 0 Å². The largest absolute Gasteiger partial charge is 0.493 e. The molecule has 2 aliphatic heterocycles. The van der Waals surface area contributed by atoms with E-state index in [1.165, 1.54) is 11.3 Å². The van der Waals surface area contributed by atoms with Gasteiger partial charge in [0.1, 0.15) is 19.0 Å². The van der Waals surface area contributed by atoms with Crippen LogP contribution in [0.1, 0.15) is 17.9 Å². The first kappa shape index (κ1) is 15.5. The van der Waals surface area contributed by atoms with Gasteiger partial charge in [0.2, 0.25) is 5.91 Å². The minimum Gasteiger partial charge on any atom is -0.493 e. The molecule has 0 fully saturated rings. The van der Waals surface area contributed by atoms with Crippen molar-refractivity contribution in [2.45, 2.75) is 12.3 Å². The summed E-state index contributed by atoms with van der Waals surface area (Å²) in [4.78, 5) is 17.3. The summed E-state index contributed by atoms with van der Waals surface area (Å²) in [7, 11) is 0. The molecule has 7 heteroatoms. The number of benzene rings is 2. The molecular weight excluding hydrogens is 352 g/mol. The van der Waals surface area contributed by atoms with Crippen molar-refractivity contribution in [1.29, 1.82) is 0 Å². The minimum absolute atomic E-state index is 0.0583. The SMILES string of the molecule is O=C(Nc1nc2cc3c(cc2s1)OCCO3)C1CCOc2ccccc21. The molecular formula is C19H16N2O4S. The lowest BCUT2D eigenvalue weighted by molar-refractivity contribution is -0.118. The number of thiazole rings is 1. The topological polar surface area (TPSA) is 69.7 Å². The number of hydrogen-bond donors (Lipinski definition) is 1. The Morgan fingerprint density at radius 1 is 1.04 bits per heavy atom. The van der Waals surface area contributed by atoms with Gasteiger partial charge in [0.25, 0.3) is 0 Å². The Hall–Kier alpha value is -2.80. The van der Waals surface area contributed by atoms with Gasteiger partial charge < -0.3 is 19.5 Å². The molecule has 1 unspecified atom stereocenters. The highest BCUT2D eigenvalue weighted by molar-refractivity contribution is 7.22. The standard InChI is InChI=1S/C19H16N2O4S/c22-18(12-5-6-23-14-4-2-1-3-11(12)14)21-19-20-13-9-15-16(10-17(13)26-19)25-8-7-24-15/h1-4,9-10,12H,5-8H2,(H,20,21,22). The van der Waals surface area contributed by atoms with Crippen LogP contribution in [-0.4, -0.2) is 30.7 Å². The van der Waals surface area contributed by atoms with Crippen LogP contribution in [0.25, 0.3) is 10.2 Å². The van der Waals surface area contributed by atoms with E-state index in [1.807, 2.05) is 36.4 Å². The molecule has 0 bridgehead atoms. The maximum absolute atomic E-state index is 12.8. The number of carbonyl (C=O) groups excluding carboxylic acids is 1. The Labute approximate surface area is 153 Å². The third-order valence-corrected chi connectivity index (χ3v) is 5.49. The Kier molecular flexibility index (Phi) is 3.67. The maximum Gasteiger partial charge on any atom is 0.233 e. The Morgan fingerprint density at radius 2 is 1.81 bits per heavy atom. The molecule has 3 aromatic rings. The molecule has 132 valence electrons. The number of amides is 1. The van der Waals surface area contributed by atoms with Gasteiger partial charge in [-0.2, -0.15) is 0 Å². The van der Waals surface area contributed by atoms with Crippen LogP contribution in [0.4, 0.5) is 5.13 Å². The Balaban J connectivity index is 1.42. The third kappa shape index (κ3) is 2.64. The van der Waals surface area contributed by atoms with Crippen molar-refractivity contribution < 1.29 is 19.0 Å². The fourth-order valence-electron chi connectivity index (χ4n) is 3.33. The van der Waals surface area contributed by atoms with Crippen LogP contribution >= 0.6 is 11.3 Å². The fraction of sp³-hybridized carbons (Fsp3) is 0.263. The number of fused-ring (bicyclic) bond motifs is 3. The highest BCUT2D eigenvalue weighted by Crippen LogP contribution is 2.39. The first-order valence-electron chi connectivity index (χ1n) is 8.51. The molecule has 3 heterocycles. The summed E-state index contributed by atoms with van der Waals surface area (Å²) in [6, 6.07) is 11.5. The molecule has 0 spiro atoms. The van der Waals surface area contributed by atoms with E-state index in [9.17, 15) is 4.79 Å². The summed E-state index contributed by atoms with van der Waals surface area (Å²) in [6.07, 6.45) is 0.656. The monoisotopic (exact) mass is 368 g/mol. The van der Waals surface area contributed by atoms with Gasteiger partial charge in [-0.1, -0.05) is 29.5 Å². The molecule has 0 saturated carbocycles. The van der Waals surface area contributed by atoms with E-state index >= 15 is 0 Å². The summed E-state index contributed by atoms with van der Waals surface area (Å²) in [5.41, 5.74) is 1.72. The number of aromatic nitrogens is 1. The zero-order valence-corrected chi connectivity index (χ0v) is 14.7. The predicted octanol–water partition coefficient (Wildman–Crippen LogP) is 3.57. The highest BCUT2D eigenvalue weighted by atomic mass is 32.1. The third-order valence-electron chi connectivity index (χ3n) is 4.56. The first-order valence-corrected chi connectivity index (χ1v) is 9.32. The molecule has 1 atom stereocenters. The number of nitrogens with zero attached hydrogens (tertiary/aromatic N) is 1. The number of para-hydroxylation sites is 1. The van der Waals surface area contributed by atoms with Crippen molar-refractivity contribution in [2.24, 2.45) is 0 Å². The molecule has 5 rings (SSSR count). The fourth-order valence-corrected chi connectivity index (χ4v) is 4.20. The van der Waals surface area contributed by atoms with Crippen molar-refractivity contribution >= 4 is 32.6 Å². The van der Waals surface area contributed by atoms with E-state index < -0.39 is 0 Å². The van der Waals surface area contributed by atoms with Crippen LogP contribution in [0.3, 0.4) is 0 Å². The number of anilines is 1. The van der Waals surface area contributed by atoms with Gasteiger partial charge in [0, 0.05) is 17.7 Å². The molecule has 0 aliphatic carbocycles. The van der Waals surface area contributed by atoms with Gasteiger partial charge in [0.05, 0.1) is 22.7 Å². The molecule has 2 aliphatic rings. The van der Waals surface area contributed by atoms with E-state index in [-0.39, 0.29) is 11.8 Å². The number of nitrogens with one attached hydrogen (secondary N) is 1. The van der Waals surface area contributed by atoms with Crippen molar-refractivity contribution in [3.8, 4) is 17.2 Å². The zero-order chi connectivity index (χ0) is 17.5. The molecule has 2 aromatic carbocycles. The molecule has 6 nitrogen and oxygen atoms in total. The lowest BCUT2D eigenvalue weighted by Crippen LogP contribution is -2.26. The van der Waals surface area contributed by atoms with E-state index in [4.69, 9.17) is 14.2 Å². The zero-order valence-electron chi connectivity index (χ0n) is 13.9. The first-order chi connectivity index (χ1) is 12.8. The van der Waals surface area contributed by atoms with Gasteiger partial charge in [-0.05, 0) is 12.5 Å². The average molecular weight is 368 g/mol. The molecule has 0 radical (unpaired) electrons. The van der Waals surface area contributed by atoms with Gasteiger partial charge in [-0.25, -0.2) is 4.98 Å². The van der Waals surface area contributed by atoms with Crippen LogP contribution in [-0.2, 0) is 4.79 Å². The van der Waals surface area contributed by atoms with Crippen LogP contribution < -0.4 is 19.5 Å². The minimum atomic E-state index is -0.230. The van der Waals surface area contributed by atoms with Gasteiger partial charge in [-0.15, -0.1) is 0 Å². The number of rotatable bonds is 2. The van der Waals surface area contributed by atoms with E-state index in [2.05, 4.69) is 10.3 Å². The number of carbonyl (C=O) groups is 1. The molecule has 1 aromatic heterocycles. The van der Waals surface area contributed by atoms with Gasteiger partial charge in [-0.3, -0.25) is 4.79 Å². The van der Waals surface area contributed by atoms with Crippen LogP contribution in [0.15, 0.2) is 36.4 Å². The van der Waals surface area contributed by atoms with E-state index in [0.29, 0.717) is 37.1 Å². The van der Waals surface area contributed by atoms with Crippen molar-refractivity contribution in [3.05, 3.63) is 42.0 Å². The maximum atomic E-state index is 12.8. The van der Waals surface area contributed by atoms with Crippen molar-refractivity contribution in [2.75, 3.05) is 25.1 Å². The van der Waals surface area contributed by atoms with Crippen molar-refractivity contribution in [3.63, 3.8) is 0 Å². The number of hydrogen-bond acceptors (Lipinski definition) is 6. The van der Waals surface area contributed by atoms with Gasteiger partial charge >= 0.3 is 0 Å². The normalized spacial score (nSPS) is 18.1. The molecule has 26 heavy (non-hydrogen) atoms. The van der Waals surface area contributed by atoms with E-state index in [0.717, 1.165) is 27.3 Å². The number of ether oxygens (including phenoxy) is 3. The van der Waals surface area contributed by atoms with Crippen molar-refractivity contribution in [1.82, 2.24) is 4.98 Å². The summed E-state index contributed by atoms with van der Waals surface area (Å²) in [5, 5.41) is 3.54. The molecule has 1 N–H and O–H groups in total. The quantitative estimate of drug-likeness (QED) is 0.749. The highest BCUT2D eigenvalue weighted by Gasteiger charge is 2.28. The predicted molar refractivity (Wildman–Crippen MR) is 98.5 cm³/mol. The molecule has 1 amide bonds. The summed E-state index contributed by atoms with van der Waals surface area (Å²) in [5.74, 6) is 1.92. The summed E-state index contributed by atoms with van der Waals surface area (Å²) in [6.45, 7) is 1.62. The molecule has 0 saturated heterocycles. The second-order valence-corrected chi connectivity index (χ2v) is 7.23. The Morgan fingerprint density at radius 3 is 2.69 bits per heavy atom. The summed E-state index contributed by atoms with van der Waals surface area (Å²) >= 11 is 1.43. The second-order valence-electron chi connectivity index (χ2n) is 6.20. The van der Waals surface area contributed by atoms with Gasteiger partial charge in [0.15, 0.2) is 16.6 Å².